The first-order valence-corrected chi connectivity index (χ1v) is 7.74. The molecule has 3 heteroatoms. The number of ether oxygens (including phenoxy) is 1. The molecule has 21 heavy (non-hydrogen) atoms. The molecule has 1 N–H and O–H groups in total. The van der Waals surface area contributed by atoms with Crippen LogP contribution in [0.25, 0.3) is 0 Å². The highest BCUT2D eigenvalue weighted by Crippen LogP contribution is 2.35. The molecule has 2 aromatic rings. The summed E-state index contributed by atoms with van der Waals surface area (Å²) in [7, 11) is 1.72. The summed E-state index contributed by atoms with van der Waals surface area (Å²) in [5.41, 5.74) is 4.94. The van der Waals surface area contributed by atoms with Gasteiger partial charge in [0.1, 0.15) is 5.75 Å². The zero-order valence-corrected chi connectivity index (χ0v) is 13.2. The van der Waals surface area contributed by atoms with Gasteiger partial charge in [0.25, 0.3) is 0 Å². The van der Waals surface area contributed by atoms with Crippen LogP contribution in [0.5, 0.6) is 5.75 Å². The zero-order chi connectivity index (χ0) is 14.8. The van der Waals surface area contributed by atoms with E-state index in [4.69, 9.17) is 16.3 Å². The van der Waals surface area contributed by atoms with Crippen molar-refractivity contribution in [2.75, 3.05) is 12.4 Å². The van der Waals surface area contributed by atoms with E-state index in [2.05, 4.69) is 29.6 Å². The molecule has 0 aromatic heterocycles. The van der Waals surface area contributed by atoms with Crippen LogP contribution in [0.4, 0.5) is 5.69 Å². The number of fused-ring (bicyclic) bond motifs is 1. The number of benzene rings is 2. The van der Waals surface area contributed by atoms with Gasteiger partial charge in [0, 0.05) is 10.7 Å². The smallest absolute Gasteiger partial charge is 0.119 e. The van der Waals surface area contributed by atoms with E-state index in [1.165, 1.54) is 17.5 Å². The average Bonchev–Trinajstić information content (AvgIpc) is 2.51. The summed E-state index contributed by atoms with van der Waals surface area (Å²) < 4.78 is 5.36. The van der Waals surface area contributed by atoms with E-state index in [0.29, 0.717) is 6.04 Å². The van der Waals surface area contributed by atoms with Gasteiger partial charge >= 0.3 is 0 Å². The Morgan fingerprint density at radius 1 is 1.19 bits per heavy atom. The van der Waals surface area contributed by atoms with Crippen LogP contribution >= 0.6 is 11.6 Å². The van der Waals surface area contributed by atoms with Crippen LogP contribution < -0.4 is 10.1 Å². The molecule has 0 saturated heterocycles. The number of nitrogens with one attached hydrogen (secondary N) is 1. The molecule has 0 bridgehead atoms. The lowest BCUT2D eigenvalue weighted by atomic mass is 9.87. The number of aryl methyl sites for hydroxylation is 2. The summed E-state index contributed by atoms with van der Waals surface area (Å²) in [5, 5.41) is 4.42. The van der Waals surface area contributed by atoms with E-state index in [1.807, 2.05) is 19.1 Å². The van der Waals surface area contributed by atoms with Crippen molar-refractivity contribution in [3.8, 4) is 5.75 Å². The van der Waals surface area contributed by atoms with E-state index < -0.39 is 0 Å². The molecule has 1 aliphatic rings. The van der Waals surface area contributed by atoms with E-state index in [9.17, 15) is 0 Å². The third-order valence-electron chi connectivity index (χ3n) is 4.18. The molecule has 0 fully saturated rings. The molecule has 0 spiro atoms. The predicted molar refractivity (Wildman–Crippen MR) is 88.5 cm³/mol. The first-order valence-electron chi connectivity index (χ1n) is 7.37. The maximum atomic E-state index is 6.22. The van der Waals surface area contributed by atoms with E-state index in [1.54, 1.807) is 7.11 Å². The highest BCUT2D eigenvalue weighted by molar-refractivity contribution is 6.31. The van der Waals surface area contributed by atoms with E-state index in [-0.39, 0.29) is 0 Å². The minimum atomic E-state index is 0.322. The first-order chi connectivity index (χ1) is 10.2. The monoisotopic (exact) mass is 301 g/mol. The third-order valence-corrected chi connectivity index (χ3v) is 4.59. The lowest BCUT2D eigenvalue weighted by Gasteiger charge is -2.28. The van der Waals surface area contributed by atoms with Gasteiger partial charge in [-0.2, -0.15) is 0 Å². The average molecular weight is 302 g/mol. The Bertz CT molecular complexity index is 654. The first kappa shape index (κ1) is 14.3. The Morgan fingerprint density at radius 3 is 2.81 bits per heavy atom. The predicted octanol–water partition coefficient (Wildman–Crippen LogP) is 5.15. The molecule has 0 saturated carbocycles. The van der Waals surface area contributed by atoms with Crippen molar-refractivity contribution in [3.05, 3.63) is 58.1 Å². The molecular weight excluding hydrogens is 282 g/mol. The molecule has 0 radical (unpaired) electrons. The number of hydrogen-bond donors (Lipinski definition) is 1. The van der Waals surface area contributed by atoms with Crippen LogP contribution in [-0.4, -0.2) is 7.11 Å². The van der Waals surface area contributed by atoms with Crippen molar-refractivity contribution in [3.63, 3.8) is 0 Å². The molecule has 0 amide bonds. The Hall–Kier alpha value is -1.67. The van der Waals surface area contributed by atoms with Crippen molar-refractivity contribution in [1.29, 1.82) is 0 Å². The van der Waals surface area contributed by atoms with Gasteiger partial charge in [0.2, 0.25) is 0 Å². The Morgan fingerprint density at radius 2 is 2.05 bits per heavy atom. The van der Waals surface area contributed by atoms with Gasteiger partial charge in [-0.05, 0) is 67.1 Å². The fourth-order valence-electron chi connectivity index (χ4n) is 2.94. The second kappa shape index (κ2) is 5.98. The summed E-state index contributed by atoms with van der Waals surface area (Å²) >= 11 is 6.22. The lowest BCUT2D eigenvalue weighted by Crippen LogP contribution is -2.17. The SMILES string of the molecule is COc1ccc2c(c1)C(Nc1ccc(C)c(Cl)c1)CCC2. The zero-order valence-electron chi connectivity index (χ0n) is 12.4. The molecule has 3 rings (SSSR count). The molecule has 0 aliphatic heterocycles. The van der Waals surface area contributed by atoms with Crippen LogP contribution in [-0.2, 0) is 6.42 Å². The van der Waals surface area contributed by atoms with Crippen molar-refractivity contribution in [1.82, 2.24) is 0 Å². The number of anilines is 1. The summed E-state index contributed by atoms with van der Waals surface area (Å²) in [6.45, 7) is 2.02. The van der Waals surface area contributed by atoms with Crippen LogP contribution in [0.2, 0.25) is 5.02 Å². The van der Waals surface area contributed by atoms with Gasteiger partial charge in [0.15, 0.2) is 0 Å². The summed E-state index contributed by atoms with van der Waals surface area (Å²) in [6.07, 6.45) is 3.48. The fraction of sp³-hybridized carbons (Fsp3) is 0.333. The summed E-state index contributed by atoms with van der Waals surface area (Å²) in [5.74, 6) is 0.921. The highest BCUT2D eigenvalue weighted by Gasteiger charge is 2.20. The number of hydrogen-bond acceptors (Lipinski definition) is 2. The summed E-state index contributed by atoms with van der Waals surface area (Å²) in [6, 6.07) is 12.9. The van der Waals surface area contributed by atoms with Gasteiger partial charge < -0.3 is 10.1 Å². The molecule has 1 aliphatic carbocycles. The minimum absolute atomic E-state index is 0.322. The van der Waals surface area contributed by atoms with Gasteiger partial charge in [0.05, 0.1) is 13.2 Å². The second-order valence-electron chi connectivity index (χ2n) is 5.62. The van der Waals surface area contributed by atoms with Crippen molar-refractivity contribution >= 4 is 17.3 Å². The van der Waals surface area contributed by atoms with Crippen LogP contribution in [0.1, 0.15) is 35.6 Å². The van der Waals surface area contributed by atoms with Crippen molar-refractivity contribution < 1.29 is 4.74 Å². The van der Waals surface area contributed by atoms with Crippen LogP contribution in [0.15, 0.2) is 36.4 Å². The normalized spacial score (nSPS) is 17.2. The molecule has 0 heterocycles. The standard InChI is InChI=1S/C18H20ClNO/c1-12-6-8-14(10-17(12)19)20-18-5-3-4-13-7-9-15(21-2)11-16(13)18/h6-11,18,20H,3-5H2,1-2H3. The number of halogens is 1. The number of rotatable bonds is 3. The van der Waals surface area contributed by atoms with Gasteiger partial charge in [-0.1, -0.05) is 23.7 Å². The Balaban J connectivity index is 1.88. The molecule has 1 atom stereocenters. The summed E-state index contributed by atoms with van der Waals surface area (Å²) in [4.78, 5) is 0. The van der Waals surface area contributed by atoms with Crippen LogP contribution in [0.3, 0.4) is 0 Å². The largest absolute Gasteiger partial charge is 0.497 e. The number of methoxy groups -OCH3 is 1. The van der Waals surface area contributed by atoms with Gasteiger partial charge in [-0.15, -0.1) is 0 Å². The second-order valence-corrected chi connectivity index (χ2v) is 6.03. The highest BCUT2D eigenvalue weighted by atomic mass is 35.5. The quantitative estimate of drug-likeness (QED) is 0.847. The maximum Gasteiger partial charge on any atom is 0.119 e. The van der Waals surface area contributed by atoms with Crippen molar-refractivity contribution in [2.45, 2.75) is 32.2 Å². The van der Waals surface area contributed by atoms with Crippen LogP contribution in [0, 0.1) is 6.92 Å². The van der Waals surface area contributed by atoms with Crippen molar-refractivity contribution in [2.24, 2.45) is 0 Å². The van der Waals surface area contributed by atoms with E-state index >= 15 is 0 Å². The molecule has 1 unspecified atom stereocenters. The third kappa shape index (κ3) is 3.01. The maximum absolute atomic E-state index is 6.22. The van der Waals surface area contributed by atoms with Gasteiger partial charge in [-0.3, -0.25) is 0 Å². The van der Waals surface area contributed by atoms with E-state index in [0.717, 1.165) is 34.9 Å². The Kier molecular flexibility index (Phi) is 4.07. The van der Waals surface area contributed by atoms with Gasteiger partial charge in [-0.25, -0.2) is 0 Å². The minimum Gasteiger partial charge on any atom is -0.497 e. The Labute approximate surface area is 131 Å². The fourth-order valence-corrected chi connectivity index (χ4v) is 3.12. The molecule has 2 aromatic carbocycles. The molecular formula is C18H20ClNO. The lowest BCUT2D eigenvalue weighted by molar-refractivity contribution is 0.413. The topological polar surface area (TPSA) is 21.3 Å². The molecule has 2 nitrogen and oxygen atoms in total. The molecule has 110 valence electrons.